The van der Waals surface area contributed by atoms with Crippen molar-refractivity contribution in [2.45, 2.75) is 35.8 Å². The summed E-state index contributed by atoms with van der Waals surface area (Å²) < 4.78 is 6.08. The van der Waals surface area contributed by atoms with E-state index in [1.54, 1.807) is 0 Å². The molecule has 1 aromatic rings. The summed E-state index contributed by atoms with van der Waals surface area (Å²) in [5.41, 5.74) is 6.60. The summed E-state index contributed by atoms with van der Waals surface area (Å²) in [6.07, 6.45) is 3.43. The molecule has 2 saturated heterocycles. The van der Waals surface area contributed by atoms with E-state index in [0.717, 1.165) is 36.0 Å². The third-order valence-corrected chi connectivity index (χ3v) is 7.04. The molecular formula is C16H22ClNOS2. The van der Waals surface area contributed by atoms with Crippen LogP contribution in [0.3, 0.4) is 0 Å². The van der Waals surface area contributed by atoms with Crippen LogP contribution in [0.5, 0.6) is 0 Å². The third kappa shape index (κ3) is 4.11. The average Bonchev–Trinajstić information content (AvgIpc) is 2.93. The normalized spacial score (nSPS) is 30.7. The fourth-order valence-corrected chi connectivity index (χ4v) is 5.86. The van der Waals surface area contributed by atoms with E-state index in [2.05, 4.69) is 6.07 Å². The Hall–Kier alpha value is 0.130. The van der Waals surface area contributed by atoms with E-state index in [4.69, 9.17) is 22.1 Å². The van der Waals surface area contributed by atoms with E-state index in [1.807, 2.05) is 41.7 Å². The van der Waals surface area contributed by atoms with Crippen molar-refractivity contribution in [1.29, 1.82) is 0 Å². The van der Waals surface area contributed by atoms with Gasteiger partial charge in [0.1, 0.15) is 0 Å². The lowest BCUT2D eigenvalue weighted by Gasteiger charge is -2.40. The van der Waals surface area contributed by atoms with Gasteiger partial charge >= 0.3 is 0 Å². The van der Waals surface area contributed by atoms with Crippen molar-refractivity contribution in [2.24, 2.45) is 11.7 Å². The molecule has 2 fully saturated rings. The molecule has 3 unspecified atom stereocenters. The van der Waals surface area contributed by atoms with Gasteiger partial charge in [0.2, 0.25) is 0 Å². The SMILES string of the molecule is NC(CSc1cccc(Cl)c1)C1CCOC2(CCSC2)C1. The van der Waals surface area contributed by atoms with Gasteiger partial charge in [0.15, 0.2) is 0 Å². The zero-order valence-corrected chi connectivity index (χ0v) is 14.5. The minimum Gasteiger partial charge on any atom is -0.374 e. The van der Waals surface area contributed by atoms with Crippen molar-refractivity contribution in [1.82, 2.24) is 0 Å². The van der Waals surface area contributed by atoms with Crippen molar-refractivity contribution in [2.75, 3.05) is 23.9 Å². The zero-order valence-electron chi connectivity index (χ0n) is 12.1. The number of rotatable bonds is 4. The predicted octanol–water partition coefficient (Wildman–Crippen LogP) is 4.06. The highest BCUT2D eigenvalue weighted by molar-refractivity contribution is 7.99. The fourth-order valence-electron chi connectivity index (χ4n) is 3.18. The molecule has 0 aromatic heterocycles. The van der Waals surface area contributed by atoms with Crippen molar-refractivity contribution < 1.29 is 4.74 Å². The highest BCUT2D eigenvalue weighted by atomic mass is 35.5. The molecule has 0 amide bonds. The van der Waals surface area contributed by atoms with Gasteiger partial charge < -0.3 is 10.5 Å². The van der Waals surface area contributed by atoms with E-state index in [-0.39, 0.29) is 11.6 Å². The molecule has 0 aliphatic carbocycles. The first-order valence-corrected chi connectivity index (χ1v) is 10.0. The summed E-state index contributed by atoms with van der Waals surface area (Å²) in [4.78, 5) is 1.20. The Kier molecular flexibility index (Phi) is 5.44. The van der Waals surface area contributed by atoms with E-state index in [9.17, 15) is 0 Å². The fraction of sp³-hybridized carbons (Fsp3) is 0.625. The molecule has 2 nitrogen and oxygen atoms in total. The molecule has 5 heteroatoms. The van der Waals surface area contributed by atoms with Gasteiger partial charge in [-0.25, -0.2) is 0 Å². The Bertz CT molecular complexity index is 479. The molecule has 0 radical (unpaired) electrons. The number of halogens is 1. The van der Waals surface area contributed by atoms with Crippen LogP contribution in [-0.2, 0) is 4.74 Å². The smallest absolute Gasteiger partial charge is 0.0783 e. The van der Waals surface area contributed by atoms with Gasteiger partial charge in [-0.15, -0.1) is 11.8 Å². The van der Waals surface area contributed by atoms with Crippen LogP contribution in [0.2, 0.25) is 5.02 Å². The molecule has 0 saturated carbocycles. The maximum Gasteiger partial charge on any atom is 0.0783 e. The zero-order chi connectivity index (χ0) is 14.7. The molecule has 2 N–H and O–H groups in total. The molecule has 0 bridgehead atoms. The van der Waals surface area contributed by atoms with Gasteiger partial charge in [0, 0.05) is 34.1 Å². The molecular weight excluding hydrogens is 322 g/mol. The topological polar surface area (TPSA) is 35.2 Å². The third-order valence-electron chi connectivity index (χ3n) is 4.44. The summed E-state index contributed by atoms with van der Waals surface area (Å²) in [5.74, 6) is 3.93. The van der Waals surface area contributed by atoms with Crippen LogP contribution in [-0.4, -0.2) is 35.5 Å². The highest BCUT2D eigenvalue weighted by Gasteiger charge is 2.41. The van der Waals surface area contributed by atoms with Crippen molar-refractivity contribution in [3.63, 3.8) is 0 Å². The van der Waals surface area contributed by atoms with Gasteiger partial charge in [-0.05, 0) is 49.1 Å². The number of hydrogen-bond acceptors (Lipinski definition) is 4. The highest BCUT2D eigenvalue weighted by Crippen LogP contribution is 2.41. The molecule has 1 spiro atoms. The Morgan fingerprint density at radius 3 is 3.19 bits per heavy atom. The van der Waals surface area contributed by atoms with Crippen molar-refractivity contribution in [3.05, 3.63) is 29.3 Å². The summed E-state index contributed by atoms with van der Waals surface area (Å²) in [6, 6.07) is 8.25. The van der Waals surface area contributed by atoms with Crippen LogP contribution in [0, 0.1) is 5.92 Å². The van der Waals surface area contributed by atoms with Gasteiger partial charge in [0.25, 0.3) is 0 Å². The minimum absolute atomic E-state index is 0.131. The molecule has 2 heterocycles. The Balaban J connectivity index is 1.54. The van der Waals surface area contributed by atoms with Gasteiger partial charge in [-0.1, -0.05) is 17.7 Å². The van der Waals surface area contributed by atoms with Crippen LogP contribution in [0.4, 0.5) is 0 Å². The number of benzene rings is 1. The second kappa shape index (κ2) is 7.14. The molecule has 2 aliphatic rings. The van der Waals surface area contributed by atoms with E-state index >= 15 is 0 Å². The molecule has 1 aromatic carbocycles. The second-order valence-electron chi connectivity index (χ2n) is 6.02. The van der Waals surface area contributed by atoms with Crippen LogP contribution >= 0.6 is 35.1 Å². The standard InChI is InChI=1S/C16H22ClNOS2/c17-13-2-1-3-14(8-13)21-10-15(18)12-4-6-19-16(9-12)5-7-20-11-16/h1-3,8,12,15H,4-7,9-11,18H2. The lowest BCUT2D eigenvalue weighted by Crippen LogP contribution is -2.46. The average molecular weight is 344 g/mol. The Labute approximate surface area is 140 Å². The number of hydrogen-bond donors (Lipinski definition) is 1. The van der Waals surface area contributed by atoms with Crippen LogP contribution in [0.15, 0.2) is 29.2 Å². The summed E-state index contributed by atoms with van der Waals surface area (Å²) >= 11 is 9.86. The summed E-state index contributed by atoms with van der Waals surface area (Å²) in [5, 5.41) is 0.793. The first-order valence-electron chi connectivity index (χ1n) is 7.53. The van der Waals surface area contributed by atoms with E-state index < -0.39 is 0 Å². The largest absolute Gasteiger partial charge is 0.374 e. The van der Waals surface area contributed by atoms with Gasteiger partial charge in [-0.2, -0.15) is 11.8 Å². The lowest BCUT2D eigenvalue weighted by atomic mass is 9.82. The second-order valence-corrected chi connectivity index (χ2v) is 8.65. The summed E-state index contributed by atoms with van der Waals surface area (Å²) in [7, 11) is 0. The van der Waals surface area contributed by atoms with Crippen LogP contribution in [0.25, 0.3) is 0 Å². The summed E-state index contributed by atoms with van der Waals surface area (Å²) in [6.45, 7) is 0.876. The van der Waals surface area contributed by atoms with Gasteiger partial charge in [-0.3, -0.25) is 0 Å². The van der Waals surface area contributed by atoms with E-state index in [0.29, 0.717) is 5.92 Å². The first-order chi connectivity index (χ1) is 10.2. The lowest BCUT2D eigenvalue weighted by molar-refractivity contribution is -0.0820. The van der Waals surface area contributed by atoms with Crippen molar-refractivity contribution in [3.8, 4) is 0 Å². The first kappa shape index (κ1) is 16.0. The maximum atomic E-state index is 6.47. The predicted molar refractivity (Wildman–Crippen MR) is 93.5 cm³/mol. The van der Waals surface area contributed by atoms with E-state index in [1.165, 1.54) is 17.1 Å². The monoisotopic (exact) mass is 343 g/mol. The Morgan fingerprint density at radius 1 is 1.52 bits per heavy atom. The minimum atomic E-state index is 0.131. The molecule has 2 aliphatic heterocycles. The Morgan fingerprint density at radius 2 is 2.43 bits per heavy atom. The molecule has 3 atom stereocenters. The van der Waals surface area contributed by atoms with Crippen LogP contribution in [0.1, 0.15) is 19.3 Å². The van der Waals surface area contributed by atoms with Crippen LogP contribution < -0.4 is 5.73 Å². The molecule has 116 valence electrons. The number of nitrogens with two attached hydrogens (primary N) is 1. The molecule has 3 rings (SSSR count). The quantitative estimate of drug-likeness (QED) is 0.836. The number of ether oxygens (including phenoxy) is 1. The number of thioether (sulfide) groups is 2. The molecule has 21 heavy (non-hydrogen) atoms. The maximum absolute atomic E-state index is 6.47. The van der Waals surface area contributed by atoms with Gasteiger partial charge in [0.05, 0.1) is 5.60 Å². The van der Waals surface area contributed by atoms with Crippen molar-refractivity contribution >= 4 is 35.1 Å².